The van der Waals surface area contributed by atoms with Gasteiger partial charge in [0.2, 0.25) is 0 Å². The normalized spacial score (nSPS) is 26.7. The highest BCUT2D eigenvalue weighted by Gasteiger charge is 2.30. The van der Waals surface area contributed by atoms with Crippen molar-refractivity contribution in [3.63, 3.8) is 0 Å². The summed E-state index contributed by atoms with van der Waals surface area (Å²) in [6, 6.07) is 10.9. The first-order chi connectivity index (χ1) is 7.31. The van der Waals surface area contributed by atoms with Crippen molar-refractivity contribution in [3.8, 4) is 0 Å². The monoisotopic (exact) mass is 203 g/mol. The van der Waals surface area contributed by atoms with Crippen LogP contribution in [-0.4, -0.2) is 18.2 Å². The maximum Gasteiger partial charge on any atom is 0.0846 e. The summed E-state index contributed by atoms with van der Waals surface area (Å²) >= 11 is 0. The molecular weight excluding hydrogens is 186 g/mol. The van der Waals surface area contributed by atoms with Crippen molar-refractivity contribution in [3.05, 3.63) is 48.6 Å². The van der Waals surface area contributed by atoms with Crippen molar-refractivity contribution < 1.29 is 4.84 Å². The molecule has 1 unspecified atom stereocenters. The molecule has 1 fully saturated rings. The average Bonchev–Trinajstić information content (AvgIpc) is 2.61. The van der Waals surface area contributed by atoms with Crippen molar-refractivity contribution in [2.45, 2.75) is 25.0 Å². The fraction of sp³-hybridized carbons (Fsp3) is 0.385. The van der Waals surface area contributed by atoms with Crippen molar-refractivity contribution in [1.29, 1.82) is 0 Å². The summed E-state index contributed by atoms with van der Waals surface area (Å²) in [5.41, 5.74) is 1.33. The second-order valence-corrected chi connectivity index (χ2v) is 3.96. The van der Waals surface area contributed by atoms with E-state index in [-0.39, 0.29) is 6.10 Å². The van der Waals surface area contributed by atoms with E-state index in [1.54, 1.807) is 0 Å². The summed E-state index contributed by atoms with van der Waals surface area (Å²) in [7, 11) is 2.00. The van der Waals surface area contributed by atoms with Gasteiger partial charge < -0.3 is 0 Å². The van der Waals surface area contributed by atoms with Crippen LogP contribution in [0.4, 0.5) is 0 Å². The van der Waals surface area contributed by atoms with Crippen LogP contribution < -0.4 is 0 Å². The molecule has 0 radical (unpaired) electrons. The minimum absolute atomic E-state index is 0.290. The lowest BCUT2D eigenvalue weighted by Gasteiger charge is -2.17. The van der Waals surface area contributed by atoms with Gasteiger partial charge in [0.1, 0.15) is 0 Å². The summed E-state index contributed by atoms with van der Waals surface area (Å²) < 4.78 is 0. The first-order valence-corrected chi connectivity index (χ1v) is 5.36. The SMILES string of the molecule is C=CCC1C[C@H](c2ccccc2)N(C)O1. The molecule has 0 saturated carbocycles. The molecule has 0 bridgehead atoms. The molecule has 1 aliphatic rings. The molecule has 1 saturated heterocycles. The van der Waals surface area contributed by atoms with E-state index in [2.05, 4.69) is 30.8 Å². The third kappa shape index (κ3) is 2.28. The topological polar surface area (TPSA) is 12.5 Å². The number of hydroxylamine groups is 2. The Balaban J connectivity index is 2.08. The van der Waals surface area contributed by atoms with Crippen molar-refractivity contribution >= 4 is 0 Å². The van der Waals surface area contributed by atoms with Gasteiger partial charge in [-0.05, 0) is 18.4 Å². The molecule has 2 atom stereocenters. The molecule has 0 amide bonds. The van der Waals surface area contributed by atoms with Gasteiger partial charge in [-0.25, -0.2) is 0 Å². The van der Waals surface area contributed by atoms with Gasteiger partial charge in [0, 0.05) is 7.05 Å². The minimum Gasteiger partial charge on any atom is -0.295 e. The Morgan fingerprint density at radius 3 is 2.87 bits per heavy atom. The maximum absolute atomic E-state index is 5.73. The van der Waals surface area contributed by atoms with Gasteiger partial charge in [-0.3, -0.25) is 4.84 Å². The van der Waals surface area contributed by atoms with Crippen LogP contribution in [-0.2, 0) is 4.84 Å². The molecule has 1 aliphatic heterocycles. The lowest BCUT2D eigenvalue weighted by Crippen LogP contribution is -2.16. The molecule has 1 heterocycles. The second kappa shape index (κ2) is 4.60. The van der Waals surface area contributed by atoms with Crippen LogP contribution in [0.25, 0.3) is 0 Å². The van der Waals surface area contributed by atoms with E-state index in [9.17, 15) is 0 Å². The van der Waals surface area contributed by atoms with Crippen molar-refractivity contribution in [2.24, 2.45) is 0 Å². The van der Waals surface area contributed by atoms with E-state index < -0.39 is 0 Å². The van der Waals surface area contributed by atoms with Gasteiger partial charge in [0.05, 0.1) is 12.1 Å². The van der Waals surface area contributed by atoms with Crippen LogP contribution in [0.3, 0.4) is 0 Å². The molecule has 1 aromatic carbocycles. The fourth-order valence-corrected chi connectivity index (χ4v) is 2.10. The Kier molecular flexibility index (Phi) is 3.19. The zero-order chi connectivity index (χ0) is 10.7. The number of hydrogen-bond acceptors (Lipinski definition) is 2. The zero-order valence-electron chi connectivity index (χ0n) is 9.10. The standard InChI is InChI=1S/C13H17NO/c1-3-7-12-10-13(14(2)15-12)11-8-5-4-6-9-11/h3-6,8-9,12-13H,1,7,10H2,2H3/t12?,13-/m1/s1. The Morgan fingerprint density at radius 1 is 1.47 bits per heavy atom. The van der Waals surface area contributed by atoms with E-state index >= 15 is 0 Å². The highest BCUT2D eigenvalue weighted by Crippen LogP contribution is 2.33. The van der Waals surface area contributed by atoms with Crippen LogP contribution in [0.2, 0.25) is 0 Å². The molecule has 0 N–H and O–H groups in total. The van der Waals surface area contributed by atoms with Gasteiger partial charge in [-0.15, -0.1) is 6.58 Å². The van der Waals surface area contributed by atoms with Gasteiger partial charge in [0.15, 0.2) is 0 Å². The van der Waals surface area contributed by atoms with Crippen LogP contribution >= 0.6 is 0 Å². The smallest absolute Gasteiger partial charge is 0.0846 e. The summed E-state index contributed by atoms with van der Waals surface area (Å²) in [5.74, 6) is 0. The minimum atomic E-state index is 0.290. The fourth-order valence-electron chi connectivity index (χ4n) is 2.10. The van der Waals surface area contributed by atoms with Crippen LogP contribution in [0.1, 0.15) is 24.4 Å². The Hall–Kier alpha value is -1.12. The molecule has 2 heteroatoms. The number of nitrogens with zero attached hydrogens (tertiary/aromatic N) is 1. The molecule has 0 spiro atoms. The lowest BCUT2D eigenvalue weighted by atomic mass is 10.0. The second-order valence-electron chi connectivity index (χ2n) is 3.96. The lowest BCUT2D eigenvalue weighted by molar-refractivity contribution is -0.142. The molecule has 80 valence electrons. The van der Waals surface area contributed by atoms with Crippen molar-refractivity contribution in [1.82, 2.24) is 5.06 Å². The molecule has 2 nitrogen and oxygen atoms in total. The predicted octanol–water partition coefficient (Wildman–Crippen LogP) is 2.94. The van der Waals surface area contributed by atoms with Gasteiger partial charge in [-0.2, -0.15) is 5.06 Å². The highest BCUT2D eigenvalue weighted by molar-refractivity contribution is 5.19. The van der Waals surface area contributed by atoms with Gasteiger partial charge >= 0.3 is 0 Å². The average molecular weight is 203 g/mol. The third-order valence-corrected chi connectivity index (χ3v) is 2.85. The first kappa shape index (κ1) is 10.4. The van der Waals surface area contributed by atoms with Crippen LogP contribution in [0, 0.1) is 0 Å². The Labute approximate surface area is 91.1 Å². The summed E-state index contributed by atoms with van der Waals surface area (Å²) in [6.45, 7) is 3.75. The summed E-state index contributed by atoms with van der Waals surface area (Å²) in [5, 5.41) is 1.96. The molecule has 15 heavy (non-hydrogen) atoms. The molecule has 1 aromatic rings. The molecule has 0 aliphatic carbocycles. The zero-order valence-corrected chi connectivity index (χ0v) is 9.10. The molecule has 2 rings (SSSR count). The maximum atomic E-state index is 5.73. The number of benzene rings is 1. The Bertz CT molecular complexity index is 323. The number of rotatable bonds is 3. The van der Waals surface area contributed by atoms with Gasteiger partial charge in [-0.1, -0.05) is 36.4 Å². The largest absolute Gasteiger partial charge is 0.295 e. The highest BCUT2D eigenvalue weighted by atomic mass is 16.7. The predicted molar refractivity (Wildman–Crippen MR) is 61.3 cm³/mol. The Morgan fingerprint density at radius 2 is 2.20 bits per heavy atom. The molecule has 0 aromatic heterocycles. The summed E-state index contributed by atoms with van der Waals surface area (Å²) in [6.07, 6.45) is 4.18. The van der Waals surface area contributed by atoms with E-state index in [0.717, 1.165) is 12.8 Å². The quantitative estimate of drug-likeness (QED) is 0.700. The van der Waals surface area contributed by atoms with E-state index in [4.69, 9.17) is 4.84 Å². The van der Waals surface area contributed by atoms with Crippen LogP contribution in [0.5, 0.6) is 0 Å². The van der Waals surface area contributed by atoms with Crippen LogP contribution in [0.15, 0.2) is 43.0 Å². The van der Waals surface area contributed by atoms with E-state index in [1.165, 1.54) is 5.56 Å². The van der Waals surface area contributed by atoms with E-state index in [0.29, 0.717) is 6.04 Å². The third-order valence-electron chi connectivity index (χ3n) is 2.85. The number of hydrogen-bond donors (Lipinski definition) is 0. The summed E-state index contributed by atoms with van der Waals surface area (Å²) in [4.78, 5) is 5.73. The van der Waals surface area contributed by atoms with Crippen molar-refractivity contribution in [2.75, 3.05) is 7.05 Å². The first-order valence-electron chi connectivity index (χ1n) is 5.36. The molecular formula is C13H17NO. The van der Waals surface area contributed by atoms with Gasteiger partial charge in [0.25, 0.3) is 0 Å². The van der Waals surface area contributed by atoms with E-state index in [1.807, 2.05) is 24.3 Å².